The van der Waals surface area contributed by atoms with Gasteiger partial charge in [0.1, 0.15) is 5.69 Å². The number of aromatic nitrogens is 4. The predicted molar refractivity (Wildman–Crippen MR) is 79.2 cm³/mol. The molecule has 4 heteroatoms. The molecule has 0 fully saturated rings. The SMILES string of the molecule is Cn1c(-c2cnccn2)nc2c3ccccc3ccc21. The van der Waals surface area contributed by atoms with Gasteiger partial charge < -0.3 is 4.57 Å². The van der Waals surface area contributed by atoms with Crippen LogP contribution in [0.1, 0.15) is 0 Å². The van der Waals surface area contributed by atoms with E-state index in [9.17, 15) is 0 Å². The Morgan fingerprint density at radius 3 is 2.75 bits per heavy atom. The monoisotopic (exact) mass is 260 g/mol. The van der Waals surface area contributed by atoms with Crippen LogP contribution >= 0.6 is 0 Å². The third-order valence-electron chi connectivity index (χ3n) is 3.57. The minimum Gasteiger partial charge on any atom is -0.326 e. The molecule has 4 nitrogen and oxygen atoms in total. The molecule has 0 bridgehead atoms. The first-order chi connectivity index (χ1) is 9.84. The second kappa shape index (κ2) is 4.13. The Hall–Kier alpha value is -2.75. The molecule has 4 aromatic rings. The van der Waals surface area contributed by atoms with Crippen LogP contribution in [-0.2, 0) is 7.05 Å². The zero-order valence-electron chi connectivity index (χ0n) is 11.0. The van der Waals surface area contributed by atoms with Gasteiger partial charge in [-0.05, 0) is 11.5 Å². The van der Waals surface area contributed by atoms with E-state index in [1.807, 2.05) is 19.2 Å². The summed E-state index contributed by atoms with van der Waals surface area (Å²) in [6.07, 6.45) is 5.09. The number of hydrogen-bond donors (Lipinski definition) is 0. The van der Waals surface area contributed by atoms with Crippen molar-refractivity contribution in [3.8, 4) is 11.5 Å². The number of hydrogen-bond acceptors (Lipinski definition) is 3. The summed E-state index contributed by atoms with van der Waals surface area (Å²) >= 11 is 0. The molecule has 0 amide bonds. The molecule has 2 aromatic heterocycles. The molecule has 0 aliphatic carbocycles. The zero-order valence-corrected chi connectivity index (χ0v) is 11.0. The average Bonchev–Trinajstić information content (AvgIpc) is 2.86. The summed E-state index contributed by atoms with van der Waals surface area (Å²) in [7, 11) is 2.01. The van der Waals surface area contributed by atoms with Gasteiger partial charge in [0, 0.05) is 24.8 Å². The van der Waals surface area contributed by atoms with Gasteiger partial charge in [-0.25, -0.2) is 9.97 Å². The fraction of sp³-hybridized carbons (Fsp3) is 0.0625. The molecule has 0 unspecified atom stereocenters. The maximum absolute atomic E-state index is 4.77. The Kier molecular flexibility index (Phi) is 2.29. The molecule has 0 N–H and O–H groups in total. The lowest BCUT2D eigenvalue weighted by molar-refractivity contribution is 0.946. The number of nitrogens with zero attached hydrogens (tertiary/aromatic N) is 4. The van der Waals surface area contributed by atoms with Gasteiger partial charge in [-0.3, -0.25) is 4.98 Å². The molecule has 20 heavy (non-hydrogen) atoms. The van der Waals surface area contributed by atoms with Gasteiger partial charge in [-0.2, -0.15) is 0 Å². The summed E-state index contributed by atoms with van der Waals surface area (Å²) in [4.78, 5) is 13.2. The van der Waals surface area contributed by atoms with Crippen LogP contribution in [0.4, 0.5) is 0 Å². The molecule has 0 spiro atoms. The minimum absolute atomic E-state index is 0.787. The maximum Gasteiger partial charge on any atom is 0.161 e. The molecule has 0 aliphatic rings. The van der Waals surface area contributed by atoms with E-state index in [4.69, 9.17) is 4.98 Å². The van der Waals surface area contributed by atoms with Crippen molar-refractivity contribution in [2.75, 3.05) is 0 Å². The average molecular weight is 260 g/mol. The van der Waals surface area contributed by atoms with Crippen molar-refractivity contribution in [3.63, 3.8) is 0 Å². The van der Waals surface area contributed by atoms with Gasteiger partial charge in [-0.15, -0.1) is 0 Å². The van der Waals surface area contributed by atoms with Crippen molar-refractivity contribution in [1.82, 2.24) is 19.5 Å². The van der Waals surface area contributed by atoms with Gasteiger partial charge in [0.2, 0.25) is 0 Å². The van der Waals surface area contributed by atoms with Crippen LogP contribution < -0.4 is 0 Å². The number of fused-ring (bicyclic) bond motifs is 3. The fourth-order valence-electron chi connectivity index (χ4n) is 2.57. The molecule has 0 saturated heterocycles. The van der Waals surface area contributed by atoms with Gasteiger partial charge in [-0.1, -0.05) is 30.3 Å². The Balaban J connectivity index is 2.10. The van der Waals surface area contributed by atoms with E-state index >= 15 is 0 Å². The molecule has 0 aliphatic heterocycles. The summed E-state index contributed by atoms with van der Waals surface area (Å²) in [5, 5.41) is 2.36. The van der Waals surface area contributed by atoms with E-state index in [0.29, 0.717) is 0 Å². The summed E-state index contributed by atoms with van der Waals surface area (Å²) in [5.41, 5.74) is 2.89. The van der Waals surface area contributed by atoms with Gasteiger partial charge in [0.25, 0.3) is 0 Å². The number of rotatable bonds is 1. The lowest BCUT2D eigenvalue weighted by atomic mass is 10.1. The molecule has 0 radical (unpaired) electrons. The van der Waals surface area contributed by atoms with E-state index in [-0.39, 0.29) is 0 Å². The van der Waals surface area contributed by atoms with Crippen LogP contribution in [0.2, 0.25) is 0 Å². The predicted octanol–water partition coefficient (Wildman–Crippen LogP) is 3.18. The highest BCUT2D eigenvalue weighted by atomic mass is 15.1. The molecular weight excluding hydrogens is 248 g/mol. The Morgan fingerprint density at radius 1 is 1.00 bits per heavy atom. The molecular formula is C16H12N4. The standard InChI is InChI=1S/C16H12N4/c1-20-14-7-6-11-4-2-3-5-12(11)15(14)19-16(20)13-10-17-8-9-18-13/h2-10H,1H3. The van der Waals surface area contributed by atoms with Crippen LogP contribution in [0.5, 0.6) is 0 Å². The molecule has 96 valence electrons. The van der Waals surface area contributed by atoms with Crippen LogP contribution in [0.3, 0.4) is 0 Å². The zero-order chi connectivity index (χ0) is 13.5. The van der Waals surface area contributed by atoms with Gasteiger partial charge in [0.05, 0.1) is 17.2 Å². The molecule has 2 aromatic carbocycles. The normalized spacial score (nSPS) is 11.2. The lowest BCUT2D eigenvalue weighted by Crippen LogP contribution is -1.94. The lowest BCUT2D eigenvalue weighted by Gasteiger charge is -2.01. The molecule has 2 heterocycles. The highest BCUT2D eigenvalue weighted by molar-refractivity contribution is 6.05. The number of aryl methyl sites for hydroxylation is 1. The number of benzene rings is 2. The van der Waals surface area contributed by atoms with Gasteiger partial charge in [0.15, 0.2) is 5.82 Å². The quantitative estimate of drug-likeness (QED) is 0.528. The van der Waals surface area contributed by atoms with E-state index in [1.54, 1.807) is 18.6 Å². The first kappa shape index (κ1) is 11.1. The van der Waals surface area contributed by atoms with Crippen molar-refractivity contribution in [2.24, 2.45) is 7.05 Å². The summed E-state index contributed by atoms with van der Waals surface area (Å²) < 4.78 is 2.06. The van der Waals surface area contributed by atoms with E-state index in [2.05, 4.69) is 38.8 Å². The van der Waals surface area contributed by atoms with Crippen LogP contribution in [0.15, 0.2) is 55.0 Å². The fourth-order valence-corrected chi connectivity index (χ4v) is 2.57. The van der Waals surface area contributed by atoms with Crippen LogP contribution in [0, 0.1) is 0 Å². The topological polar surface area (TPSA) is 43.6 Å². The third-order valence-corrected chi connectivity index (χ3v) is 3.57. The van der Waals surface area contributed by atoms with Crippen LogP contribution in [-0.4, -0.2) is 19.5 Å². The van der Waals surface area contributed by atoms with E-state index in [0.717, 1.165) is 27.9 Å². The first-order valence-corrected chi connectivity index (χ1v) is 6.45. The van der Waals surface area contributed by atoms with Crippen molar-refractivity contribution < 1.29 is 0 Å². The molecule has 4 rings (SSSR count). The van der Waals surface area contributed by atoms with Crippen molar-refractivity contribution in [1.29, 1.82) is 0 Å². The van der Waals surface area contributed by atoms with Gasteiger partial charge >= 0.3 is 0 Å². The Bertz CT molecular complexity index is 910. The van der Waals surface area contributed by atoms with Crippen molar-refractivity contribution in [2.45, 2.75) is 0 Å². The third kappa shape index (κ3) is 1.51. The van der Waals surface area contributed by atoms with E-state index < -0.39 is 0 Å². The smallest absolute Gasteiger partial charge is 0.161 e. The Labute approximate surface area is 115 Å². The highest BCUT2D eigenvalue weighted by Crippen LogP contribution is 2.28. The summed E-state index contributed by atoms with van der Waals surface area (Å²) in [6, 6.07) is 12.5. The maximum atomic E-state index is 4.77. The van der Waals surface area contributed by atoms with E-state index in [1.165, 1.54) is 5.39 Å². The number of imidazole rings is 1. The molecule has 0 atom stereocenters. The van der Waals surface area contributed by atoms with Crippen molar-refractivity contribution >= 4 is 21.8 Å². The largest absolute Gasteiger partial charge is 0.326 e. The summed E-state index contributed by atoms with van der Waals surface area (Å²) in [6.45, 7) is 0. The Morgan fingerprint density at radius 2 is 1.90 bits per heavy atom. The second-order valence-corrected chi connectivity index (χ2v) is 4.74. The highest BCUT2D eigenvalue weighted by Gasteiger charge is 2.12. The van der Waals surface area contributed by atoms with Crippen LogP contribution in [0.25, 0.3) is 33.3 Å². The van der Waals surface area contributed by atoms with Crippen molar-refractivity contribution in [3.05, 3.63) is 55.0 Å². The minimum atomic E-state index is 0.787. The molecule has 0 saturated carbocycles. The first-order valence-electron chi connectivity index (χ1n) is 6.45. The second-order valence-electron chi connectivity index (χ2n) is 4.74. The summed E-state index contributed by atoms with van der Waals surface area (Å²) in [5.74, 6) is 0.837.